The largest absolute Gasteiger partial charge is 0.508 e. The van der Waals surface area contributed by atoms with Crippen LogP contribution in [0.15, 0.2) is 42.6 Å². The zero-order valence-electron chi connectivity index (χ0n) is 9.34. The van der Waals surface area contributed by atoms with E-state index < -0.39 is 0 Å². The molecule has 0 aliphatic carbocycles. The molecular formula is C14H11NOS. The van der Waals surface area contributed by atoms with Crippen LogP contribution >= 0.6 is 11.3 Å². The van der Waals surface area contributed by atoms with Crippen LogP contribution in [0.3, 0.4) is 0 Å². The summed E-state index contributed by atoms with van der Waals surface area (Å²) in [5.74, 6) is 0.301. The van der Waals surface area contributed by atoms with E-state index in [1.54, 1.807) is 23.5 Å². The number of thiazole rings is 1. The normalized spacial score (nSPS) is 10.9. The first kappa shape index (κ1) is 10.3. The van der Waals surface area contributed by atoms with Gasteiger partial charge in [0.1, 0.15) is 10.8 Å². The summed E-state index contributed by atoms with van der Waals surface area (Å²) in [6.07, 6.45) is 1.89. The topological polar surface area (TPSA) is 33.1 Å². The Morgan fingerprint density at radius 1 is 1.06 bits per heavy atom. The lowest BCUT2D eigenvalue weighted by atomic mass is 10.1. The Labute approximate surface area is 103 Å². The Bertz CT molecular complexity index is 688. The summed E-state index contributed by atoms with van der Waals surface area (Å²) in [4.78, 5) is 5.59. The van der Waals surface area contributed by atoms with Gasteiger partial charge in [0, 0.05) is 16.6 Å². The average Bonchev–Trinajstić information content (AvgIpc) is 2.75. The van der Waals surface area contributed by atoms with E-state index in [2.05, 4.69) is 18.0 Å². The van der Waals surface area contributed by atoms with Crippen LogP contribution in [-0.2, 0) is 0 Å². The predicted molar refractivity (Wildman–Crippen MR) is 71.5 cm³/mol. The molecule has 3 heteroatoms. The molecule has 3 aromatic rings. The summed E-state index contributed by atoms with van der Waals surface area (Å²) in [5.41, 5.74) is 1.13. The molecule has 0 saturated heterocycles. The number of phenols is 1. The molecule has 0 spiro atoms. The first-order valence-electron chi connectivity index (χ1n) is 5.38. The number of hydrogen-bond donors (Lipinski definition) is 1. The second-order valence-corrected chi connectivity index (χ2v) is 5.26. The third-order valence-corrected chi connectivity index (χ3v) is 3.65. The quantitative estimate of drug-likeness (QED) is 0.699. The Balaban J connectivity index is 2.16. The Morgan fingerprint density at radius 3 is 2.59 bits per heavy atom. The molecular weight excluding hydrogens is 230 g/mol. The highest BCUT2D eigenvalue weighted by Gasteiger charge is 2.03. The van der Waals surface area contributed by atoms with Crippen molar-refractivity contribution in [1.29, 1.82) is 0 Å². The van der Waals surface area contributed by atoms with Crippen LogP contribution in [0, 0.1) is 6.92 Å². The highest BCUT2D eigenvalue weighted by atomic mass is 32.1. The van der Waals surface area contributed by atoms with E-state index in [4.69, 9.17) is 0 Å². The first-order valence-corrected chi connectivity index (χ1v) is 6.19. The van der Waals surface area contributed by atoms with Gasteiger partial charge in [0.15, 0.2) is 0 Å². The van der Waals surface area contributed by atoms with E-state index in [1.807, 2.05) is 24.4 Å². The first-order chi connectivity index (χ1) is 8.22. The number of fused-ring (bicyclic) bond motifs is 1. The van der Waals surface area contributed by atoms with Crippen LogP contribution in [0.1, 0.15) is 4.88 Å². The van der Waals surface area contributed by atoms with E-state index >= 15 is 0 Å². The summed E-state index contributed by atoms with van der Waals surface area (Å²) in [6.45, 7) is 2.06. The summed E-state index contributed by atoms with van der Waals surface area (Å²) in [7, 11) is 0. The number of aryl methyl sites for hydroxylation is 1. The van der Waals surface area contributed by atoms with E-state index in [1.165, 1.54) is 4.88 Å². The summed E-state index contributed by atoms with van der Waals surface area (Å²) in [6, 6.07) is 11.6. The number of hydrogen-bond acceptors (Lipinski definition) is 3. The molecule has 84 valence electrons. The molecule has 0 unspecified atom stereocenters. The van der Waals surface area contributed by atoms with Crippen LogP contribution in [-0.4, -0.2) is 10.1 Å². The molecule has 1 heterocycles. The SMILES string of the molecule is Cc1cnc(-c2ccc3cc(O)ccc3c2)s1. The maximum Gasteiger partial charge on any atom is 0.123 e. The van der Waals surface area contributed by atoms with Gasteiger partial charge in [-0.25, -0.2) is 4.98 Å². The number of phenolic OH excluding ortho intramolecular Hbond substituents is 1. The van der Waals surface area contributed by atoms with Crippen molar-refractivity contribution in [2.45, 2.75) is 6.92 Å². The highest BCUT2D eigenvalue weighted by Crippen LogP contribution is 2.29. The predicted octanol–water partition coefficient (Wildman–Crippen LogP) is 3.98. The van der Waals surface area contributed by atoms with E-state index in [9.17, 15) is 5.11 Å². The Morgan fingerprint density at radius 2 is 1.82 bits per heavy atom. The van der Waals surface area contributed by atoms with Crippen molar-refractivity contribution < 1.29 is 5.11 Å². The van der Waals surface area contributed by atoms with Gasteiger partial charge in [0.25, 0.3) is 0 Å². The molecule has 0 saturated carbocycles. The molecule has 0 aliphatic rings. The molecule has 1 N–H and O–H groups in total. The third kappa shape index (κ3) is 1.89. The number of rotatable bonds is 1. The molecule has 0 fully saturated rings. The van der Waals surface area contributed by atoms with Gasteiger partial charge in [-0.05, 0) is 35.9 Å². The van der Waals surface area contributed by atoms with Crippen molar-refractivity contribution in [3.63, 3.8) is 0 Å². The molecule has 3 rings (SSSR count). The summed E-state index contributed by atoms with van der Waals surface area (Å²) < 4.78 is 0. The molecule has 1 aromatic heterocycles. The van der Waals surface area contributed by atoms with Crippen molar-refractivity contribution >= 4 is 22.1 Å². The number of aromatic nitrogens is 1. The lowest BCUT2D eigenvalue weighted by Crippen LogP contribution is -1.77. The third-order valence-electron chi connectivity index (χ3n) is 2.69. The van der Waals surface area contributed by atoms with Crippen molar-refractivity contribution in [2.75, 3.05) is 0 Å². The molecule has 0 atom stereocenters. The van der Waals surface area contributed by atoms with E-state index in [0.717, 1.165) is 21.3 Å². The monoisotopic (exact) mass is 241 g/mol. The van der Waals surface area contributed by atoms with E-state index in [0.29, 0.717) is 5.75 Å². The molecule has 17 heavy (non-hydrogen) atoms. The lowest BCUT2D eigenvalue weighted by Gasteiger charge is -2.01. The van der Waals surface area contributed by atoms with Gasteiger partial charge in [0.05, 0.1) is 0 Å². The van der Waals surface area contributed by atoms with Crippen LogP contribution in [0.5, 0.6) is 5.75 Å². The Kier molecular flexibility index (Phi) is 2.34. The minimum absolute atomic E-state index is 0.301. The zero-order valence-corrected chi connectivity index (χ0v) is 10.2. The smallest absolute Gasteiger partial charge is 0.123 e. The van der Waals surface area contributed by atoms with Crippen molar-refractivity contribution in [2.24, 2.45) is 0 Å². The fourth-order valence-electron chi connectivity index (χ4n) is 1.85. The number of aromatic hydroxyl groups is 1. The average molecular weight is 241 g/mol. The molecule has 0 amide bonds. The molecule has 0 radical (unpaired) electrons. The zero-order chi connectivity index (χ0) is 11.8. The van der Waals surface area contributed by atoms with Gasteiger partial charge in [-0.2, -0.15) is 0 Å². The van der Waals surface area contributed by atoms with Gasteiger partial charge in [0.2, 0.25) is 0 Å². The molecule has 2 aromatic carbocycles. The number of nitrogens with zero attached hydrogens (tertiary/aromatic N) is 1. The fraction of sp³-hybridized carbons (Fsp3) is 0.0714. The maximum absolute atomic E-state index is 9.41. The second kappa shape index (κ2) is 3.86. The molecule has 2 nitrogen and oxygen atoms in total. The van der Waals surface area contributed by atoms with Crippen LogP contribution in [0.25, 0.3) is 21.3 Å². The summed E-state index contributed by atoms with van der Waals surface area (Å²) in [5, 5.41) is 12.6. The maximum atomic E-state index is 9.41. The van der Waals surface area contributed by atoms with Crippen LogP contribution in [0.4, 0.5) is 0 Å². The van der Waals surface area contributed by atoms with Crippen LogP contribution < -0.4 is 0 Å². The van der Waals surface area contributed by atoms with Gasteiger partial charge in [-0.1, -0.05) is 18.2 Å². The van der Waals surface area contributed by atoms with Gasteiger partial charge in [-0.3, -0.25) is 0 Å². The minimum atomic E-state index is 0.301. The van der Waals surface area contributed by atoms with Crippen molar-refractivity contribution in [1.82, 2.24) is 4.98 Å². The molecule has 0 aliphatic heterocycles. The summed E-state index contributed by atoms with van der Waals surface area (Å²) >= 11 is 1.69. The van der Waals surface area contributed by atoms with E-state index in [-0.39, 0.29) is 0 Å². The second-order valence-electron chi connectivity index (χ2n) is 4.02. The van der Waals surface area contributed by atoms with Crippen molar-refractivity contribution in [3.05, 3.63) is 47.5 Å². The standard InChI is InChI=1S/C14H11NOS/c1-9-8-15-14(17-9)12-3-2-11-7-13(16)5-4-10(11)6-12/h2-8,16H,1H3. The van der Waals surface area contributed by atoms with Gasteiger partial charge in [-0.15, -0.1) is 11.3 Å². The number of benzene rings is 2. The van der Waals surface area contributed by atoms with Crippen molar-refractivity contribution in [3.8, 4) is 16.3 Å². The minimum Gasteiger partial charge on any atom is -0.508 e. The highest BCUT2D eigenvalue weighted by molar-refractivity contribution is 7.14. The Hall–Kier alpha value is -1.87. The lowest BCUT2D eigenvalue weighted by molar-refractivity contribution is 0.476. The van der Waals surface area contributed by atoms with Gasteiger partial charge < -0.3 is 5.11 Å². The fourth-order valence-corrected chi connectivity index (χ4v) is 2.61. The van der Waals surface area contributed by atoms with Crippen LogP contribution in [0.2, 0.25) is 0 Å². The molecule has 0 bridgehead atoms. The van der Waals surface area contributed by atoms with Gasteiger partial charge >= 0.3 is 0 Å².